The van der Waals surface area contributed by atoms with Gasteiger partial charge in [0.05, 0.1) is 0 Å². The summed E-state index contributed by atoms with van der Waals surface area (Å²) < 4.78 is 0. The van der Waals surface area contributed by atoms with Gasteiger partial charge in [0.15, 0.2) is 0 Å². The van der Waals surface area contributed by atoms with Gasteiger partial charge in [-0.15, -0.1) is 0 Å². The topological polar surface area (TPSA) is 19.4 Å². The number of benzene rings is 1. The van der Waals surface area contributed by atoms with Crippen molar-refractivity contribution < 1.29 is 0 Å². The normalized spacial score (nSPS) is 16.4. The molecule has 0 amide bonds. The lowest BCUT2D eigenvalue weighted by Crippen LogP contribution is -2.46. The summed E-state index contributed by atoms with van der Waals surface area (Å²) in [4.78, 5) is 9.22. The zero-order valence-electron chi connectivity index (χ0n) is 12.0. The maximum Gasteiger partial charge on any atom is 0.0367 e. The number of hydrogen-bond donors (Lipinski definition) is 0. The Kier molecular flexibility index (Phi) is 3.97. The molecule has 3 heteroatoms. The van der Waals surface area contributed by atoms with Crippen LogP contribution in [0.5, 0.6) is 0 Å². The van der Waals surface area contributed by atoms with Crippen molar-refractivity contribution in [2.45, 2.75) is 13.5 Å². The molecule has 1 aromatic heterocycles. The highest BCUT2D eigenvalue weighted by Crippen LogP contribution is 2.17. The van der Waals surface area contributed by atoms with Crippen LogP contribution < -0.4 is 4.90 Å². The maximum atomic E-state index is 4.24. The number of nitrogens with zero attached hydrogens (tertiary/aromatic N) is 3. The molecule has 1 saturated heterocycles. The average molecular weight is 267 g/mol. The van der Waals surface area contributed by atoms with Crippen LogP contribution in [0, 0.1) is 6.92 Å². The second-order valence-corrected chi connectivity index (χ2v) is 5.40. The van der Waals surface area contributed by atoms with Gasteiger partial charge in [0.25, 0.3) is 0 Å². The van der Waals surface area contributed by atoms with E-state index in [-0.39, 0.29) is 0 Å². The Hall–Kier alpha value is -1.87. The van der Waals surface area contributed by atoms with E-state index in [1.165, 1.54) is 16.8 Å². The fourth-order valence-corrected chi connectivity index (χ4v) is 2.71. The quantitative estimate of drug-likeness (QED) is 0.852. The average Bonchev–Trinajstić information content (AvgIpc) is 2.51. The van der Waals surface area contributed by atoms with Crippen molar-refractivity contribution in [3.05, 3.63) is 59.9 Å². The minimum absolute atomic E-state index is 1.02. The number of aryl methyl sites for hydroxylation is 1. The fraction of sp³-hybridized carbons (Fsp3) is 0.353. The molecule has 0 radical (unpaired) electrons. The molecule has 1 aliphatic rings. The third kappa shape index (κ3) is 2.99. The molecular formula is C17H21N3. The molecule has 3 rings (SSSR count). The molecule has 2 aromatic rings. The van der Waals surface area contributed by atoms with Crippen LogP contribution in [0.2, 0.25) is 0 Å². The molecule has 0 aliphatic carbocycles. The van der Waals surface area contributed by atoms with Gasteiger partial charge in [-0.3, -0.25) is 9.88 Å². The summed E-state index contributed by atoms with van der Waals surface area (Å²) in [5.41, 5.74) is 4.02. The summed E-state index contributed by atoms with van der Waals surface area (Å²) in [7, 11) is 0. The lowest BCUT2D eigenvalue weighted by Gasteiger charge is -2.36. The Morgan fingerprint density at radius 1 is 1.00 bits per heavy atom. The van der Waals surface area contributed by atoms with Gasteiger partial charge in [-0.25, -0.2) is 0 Å². The largest absolute Gasteiger partial charge is 0.369 e. The first-order valence-corrected chi connectivity index (χ1v) is 7.25. The molecule has 0 unspecified atom stereocenters. The lowest BCUT2D eigenvalue weighted by molar-refractivity contribution is 0.249. The molecule has 2 heterocycles. The standard InChI is InChI=1S/C17H21N3/c1-15-7-8-18-13-16(15)14-19-9-11-20(12-10-19)17-5-3-2-4-6-17/h2-8,13H,9-12,14H2,1H3. The number of pyridine rings is 1. The monoisotopic (exact) mass is 267 g/mol. The highest BCUT2D eigenvalue weighted by molar-refractivity contribution is 5.46. The van der Waals surface area contributed by atoms with Crippen LogP contribution in [0.3, 0.4) is 0 Å². The molecular weight excluding hydrogens is 246 g/mol. The SMILES string of the molecule is Cc1ccncc1CN1CCN(c2ccccc2)CC1. The molecule has 20 heavy (non-hydrogen) atoms. The minimum Gasteiger partial charge on any atom is -0.369 e. The van der Waals surface area contributed by atoms with Crippen molar-refractivity contribution in [3.8, 4) is 0 Å². The van der Waals surface area contributed by atoms with Crippen molar-refractivity contribution in [2.24, 2.45) is 0 Å². The Morgan fingerprint density at radius 2 is 1.75 bits per heavy atom. The van der Waals surface area contributed by atoms with Gasteiger partial charge >= 0.3 is 0 Å². The molecule has 0 spiro atoms. The van der Waals surface area contributed by atoms with E-state index in [9.17, 15) is 0 Å². The number of rotatable bonds is 3. The summed E-state index contributed by atoms with van der Waals surface area (Å²) in [6.07, 6.45) is 3.87. The van der Waals surface area contributed by atoms with E-state index in [0.717, 1.165) is 32.7 Å². The van der Waals surface area contributed by atoms with Crippen LogP contribution in [0.4, 0.5) is 5.69 Å². The van der Waals surface area contributed by atoms with Crippen LogP contribution in [-0.2, 0) is 6.54 Å². The van der Waals surface area contributed by atoms with Crippen molar-refractivity contribution >= 4 is 5.69 Å². The first-order valence-electron chi connectivity index (χ1n) is 7.25. The maximum absolute atomic E-state index is 4.24. The van der Waals surface area contributed by atoms with Crippen LogP contribution >= 0.6 is 0 Å². The second kappa shape index (κ2) is 6.06. The van der Waals surface area contributed by atoms with Crippen molar-refractivity contribution in [1.82, 2.24) is 9.88 Å². The minimum atomic E-state index is 1.02. The van der Waals surface area contributed by atoms with Crippen molar-refractivity contribution in [2.75, 3.05) is 31.1 Å². The van der Waals surface area contributed by atoms with E-state index in [1.54, 1.807) is 0 Å². The van der Waals surface area contributed by atoms with Crippen LogP contribution in [0.25, 0.3) is 0 Å². The first kappa shape index (κ1) is 13.1. The van der Waals surface area contributed by atoms with E-state index in [1.807, 2.05) is 12.4 Å². The van der Waals surface area contributed by atoms with Gasteiger partial charge in [0.2, 0.25) is 0 Å². The summed E-state index contributed by atoms with van der Waals surface area (Å²) in [6.45, 7) is 7.61. The zero-order valence-corrected chi connectivity index (χ0v) is 12.0. The van der Waals surface area contributed by atoms with E-state index < -0.39 is 0 Å². The molecule has 0 atom stereocenters. The summed E-state index contributed by atoms with van der Waals surface area (Å²) >= 11 is 0. The van der Waals surface area contributed by atoms with Crippen LogP contribution in [0.15, 0.2) is 48.8 Å². The van der Waals surface area contributed by atoms with Gasteiger partial charge in [0, 0.05) is 50.8 Å². The fourth-order valence-electron chi connectivity index (χ4n) is 2.71. The number of anilines is 1. The second-order valence-electron chi connectivity index (χ2n) is 5.40. The molecule has 1 aliphatic heterocycles. The number of para-hydroxylation sites is 1. The number of piperazine rings is 1. The first-order chi connectivity index (χ1) is 9.83. The molecule has 0 bridgehead atoms. The van der Waals surface area contributed by atoms with Crippen LogP contribution in [-0.4, -0.2) is 36.1 Å². The molecule has 104 valence electrons. The lowest BCUT2D eigenvalue weighted by atomic mass is 10.1. The third-order valence-electron chi connectivity index (χ3n) is 4.04. The van der Waals surface area contributed by atoms with Gasteiger partial charge in [-0.1, -0.05) is 18.2 Å². The number of aromatic nitrogens is 1. The summed E-state index contributed by atoms with van der Waals surface area (Å²) in [5, 5.41) is 0. The highest BCUT2D eigenvalue weighted by atomic mass is 15.3. The molecule has 1 fully saturated rings. The Balaban J connectivity index is 1.58. The summed E-state index contributed by atoms with van der Waals surface area (Å²) in [6, 6.07) is 12.8. The van der Waals surface area contributed by atoms with Gasteiger partial charge in [-0.05, 0) is 36.2 Å². The molecule has 0 saturated carbocycles. The summed E-state index contributed by atoms with van der Waals surface area (Å²) in [5.74, 6) is 0. The third-order valence-corrected chi connectivity index (χ3v) is 4.04. The van der Waals surface area contributed by atoms with Gasteiger partial charge in [-0.2, -0.15) is 0 Å². The van der Waals surface area contributed by atoms with Gasteiger partial charge in [0.1, 0.15) is 0 Å². The predicted octanol–water partition coefficient (Wildman–Crippen LogP) is 2.71. The van der Waals surface area contributed by atoms with Gasteiger partial charge < -0.3 is 4.90 Å². The van der Waals surface area contributed by atoms with Crippen LogP contribution in [0.1, 0.15) is 11.1 Å². The number of hydrogen-bond acceptors (Lipinski definition) is 3. The van der Waals surface area contributed by atoms with E-state index in [2.05, 4.69) is 58.1 Å². The molecule has 1 aromatic carbocycles. The Morgan fingerprint density at radius 3 is 2.45 bits per heavy atom. The van der Waals surface area contributed by atoms with Crippen molar-refractivity contribution in [1.29, 1.82) is 0 Å². The predicted molar refractivity (Wildman–Crippen MR) is 82.9 cm³/mol. The molecule has 0 N–H and O–H groups in total. The Labute approximate surface area is 120 Å². The smallest absolute Gasteiger partial charge is 0.0367 e. The van der Waals surface area contributed by atoms with E-state index >= 15 is 0 Å². The highest BCUT2D eigenvalue weighted by Gasteiger charge is 2.17. The molecule has 3 nitrogen and oxygen atoms in total. The van der Waals surface area contributed by atoms with E-state index in [4.69, 9.17) is 0 Å². The zero-order chi connectivity index (χ0) is 13.8. The van der Waals surface area contributed by atoms with Crippen molar-refractivity contribution in [3.63, 3.8) is 0 Å². The Bertz CT molecular complexity index is 545. The van der Waals surface area contributed by atoms with E-state index in [0.29, 0.717) is 0 Å².